The highest BCUT2D eigenvalue weighted by atomic mass is 79.9. The summed E-state index contributed by atoms with van der Waals surface area (Å²) in [5.74, 6) is 2.20. The highest BCUT2D eigenvalue weighted by molar-refractivity contribution is 9.10. The van der Waals surface area contributed by atoms with E-state index in [0.29, 0.717) is 11.9 Å². The number of aromatic nitrogens is 3. The van der Waals surface area contributed by atoms with Crippen LogP contribution < -0.4 is 5.73 Å². The summed E-state index contributed by atoms with van der Waals surface area (Å²) in [6, 6.07) is 1.94. The highest BCUT2D eigenvalue weighted by Gasteiger charge is 2.12. The van der Waals surface area contributed by atoms with Gasteiger partial charge >= 0.3 is 0 Å². The molecular formula is C11H15BrN4S. The standard InChI is InChI=1S/C11H15BrN4S/c1-7(6-17-2)5-16-10-9(15-11(16)13)3-8(12)4-14-10/h3-4,7H,5-6H2,1-2H3,(H2,13,15). The van der Waals surface area contributed by atoms with Gasteiger partial charge in [-0.3, -0.25) is 4.57 Å². The molecule has 92 valence electrons. The predicted octanol–water partition coefficient (Wildman–Crippen LogP) is 2.78. The molecule has 0 aliphatic carbocycles. The van der Waals surface area contributed by atoms with E-state index in [2.05, 4.69) is 39.1 Å². The zero-order chi connectivity index (χ0) is 12.4. The Hall–Kier alpha value is -0.750. The molecule has 0 aromatic carbocycles. The van der Waals surface area contributed by atoms with Crippen LogP contribution in [0.4, 0.5) is 5.95 Å². The van der Waals surface area contributed by atoms with Gasteiger partial charge in [-0.15, -0.1) is 0 Å². The van der Waals surface area contributed by atoms with E-state index in [0.717, 1.165) is 27.9 Å². The van der Waals surface area contributed by atoms with Gasteiger partial charge < -0.3 is 5.73 Å². The Balaban J connectivity index is 2.36. The summed E-state index contributed by atoms with van der Waals surface area (Å²) in [6.07, 6.45) is 3.89. The lowest BCUT2D eigenvalue weighted by Crippen LogP contribution is -2.12. The summed E-state index contributed by atoms with van der Waals surface area (Å²) in [4.78, 5) is 8.71. The lowest BCUT2D eigenvalue weighted by molar-refractivity contribution is 0.544. The Kier molecular flexibility index (Phi) is 3.93. The van der Waals surface area contributed by atoms with Gasteiger partial charge in [0, 0.05) is 17.2 Å². The van der Waals surface area contributed by atoms with Crippen molar-refractivity contribution >= 4 is 44.8 Å². The number of nitrogens with two attached hydrogens (primary N) is 1. The summed E-state index contributed by atoms with van der Waals surface area (Å²) in [7, 11) is 0. The van der Waals surface area contributed by atoms with Gasteiger partial charge in [0.2, 0.25) is 5.95 Å². The Morgan fingerprint density at radius 2 is 2.35 bits per heavy atom. The molecule has 2 N–H and O–H groups in total. The second-order valence-electron chi connectivity index (χ2n) is 4.14. The molecule has 2 aromatic heterocycles. The fourth-order valence-electron chi connectivity index (χ4n) is 1.83. The number of hydrogen-bond acceptors (Lipinski definition) is 4. The summed E-state index contributed by atoms with van der Waals surface area (Å²) in [6.45, 7) is 3.07. The largest absolute Gasteiger partial charge is 0.369 e. The first-order valence-corrected chi connectivity index (χ1v) is 7.56. The molecule has 17 heavy (non-hydrogen) atoms. The number of halogens is 1. The van der Waals surface area contributed by atoms with Crippen molar-refractivity contribution in [2.45, 2.75) is 13.5 Å². The van der Waals surface area contributed by atoms with Crippen LogP contribution in [-0.4, -0.2) is 26.5 Å². The van der Waals surface area contributed by atoms with E-state index < -0.39 is 0 Å². The van der Waals surface area contributed by atoms with Crippen LogP contribution >= 0.6 is 27.7 Å². The van der Waals surface area contributed by atoms with Crippen LogP contribution in [-0.2, 0) is 6.54 Å². The zero-order valence-electron chi connectivity index (χ0n) is 9.85. The Labute approximate surface area is 113 Å². The minimum Gasteiger partial charge on any atom is -0.369 e. The summed E-state index contributed by atoms with van der Waals surface area (Å²) in [5, 5.41) is 0. The smallest absolute Gasteiger partial charge is 0.202 e. The SMILES string of the molecule is CSCC(C)Cn1c(N)nc2cc(Br)cnc21. The van der Waals surface area contributed by atoms with Crippen molar-refractivity contribution in [1.29, 1.82) is 0 Å². The van der Waals surface area contributed by atoms with Crippen LogP contribution in [0.25, 0.3) is 11.2 Å². The van der Waals surface area contributed by atoms with Crippen molar-refractivity contribution in [3.05, 3.63) is 16.7 Å². The molecule has 0 radical (unpaired) electrons. The van der Waals surface area contributed by atoms with Crippen LogP contribution in [0.3, 0.4) is 0 Å². The van der Waals surface area contributed by atoms with Crippen molar-refractivity contribution in [3.63, 3.8) is 0 Å². The maximum absolute atomic E-state index is 5.94. The molecule has 4 nitrogen and oxygen atoms in total. The van der Waals surface area contributed by atoms with Crippen LogP contribution in [0.15, 0.2) is 16.7 Å². The van der Waals surface area contributed by atoms with E-state index in [4.69, 9.17) is 5.73 Å². The topological polar surface area (TPSA) is 56.7 Å². The third-order valence-corrected chi connectivity index (χ3v) is 3.86. The fraction of sp³-hybridized carbons (Fsp3) is 0.455. The number of pyridine rings is 1. The fourth-order valence-corrected chi connectivity index (χ4v) is 2.83. The molecule has 0 fully saturated rings. The number of fused-ring (bicyclic) bond motifs is 1. The van der Waals surface area contributed by atoms with Crippen molar-refractivity contribution in [2.75, 3.05) is 17.7 Å². The number of thioether (sulfide) groups is 1. The minimum atomic E-state index is 0.540. The number of nitrogen functional groups attached to an aromatic ring is 1. The number of rotatable bonds is 4. The van der Waals surface area contributed by atoms with Crippen LogP contribution in [0.2, 0.25) is 0 Å². The molecule has 1 atom stereocenters. The third-order valence-electron chi connectivity index (χ3n) is 2.53. The monoisotopic (exact) mass is 314 g/mol. The molecule has 1 unspecified atom stereocenters. The van der Waals surface area contributed by atoms with E-state index in [1.807, 2.05) is 22.4 Å². The quantitative estimate of drug-likeness (QED) is 0.942. The molecule has 2 rings (SSSR count). The molecule has 0 saturated heterocycles. The molecule has 0 spiro atoms. The average molecular weight is 315 g/mol. The van der Waals surface area contributed by atoms with Crippen LogP contribution in [0.1, 0.15) is 6.92 Å². The second kappa shape index (κ2) is 5.27. The predicted molar refractivity (Wildman–Crippen MR) is 77.2 cm³/mol. The van der Waals surface area contributed by atoms with Crippen LogP contribution in [0.5, 0.6) is 0 Å². The molecule has 2 aromatic rings. The van der Waals surface area contributed by atoms with Gasteiger partial charge in [-0.2, -0.15) is 11.8 Å². The maximum Gasteiger partial charge on any atom is 0.202 e. The molecule has 0 amide bonds. The highest BCUT2D eigenvalue weighted by Crippen LogP contribution is 2.21. The van der Waals surface area contributed by atoms with E-state index >= 15 is 0 Å². The molecule has 0 bridgehead atoms. The van der Waals surface area contributed by atoms with Gasteiger partial charge in [-0.1, -0.05) is 6.92 Å². The van der Waals surface area contributed by atoms with E-state index in [1.54, 1.807) is 6.20 Å². The zero-order valence-corrected chi connectivity index (χ0v) is 12.3. The summed E-state index contributed by atoms with van der Waals surface area (Å²) in [5.41, 5.74) is 7.64. The van der Waals surface area contributed by atoms with E-state index in [1.165, 1.54) is 0 Å². The summed E-state index contributed by atoms with van der Waals surface area (Å²) < 4.78 is 2.91. The van der Waals surface area contributed by atoms with Crippen molar-refractivity contribution in [2.24, 2.45) is 5.92 Å². The average Bonchev–Trinajstić information content (AvgIpc) is 2.55. The first-order valence-electron chi connectivity index (χ1n) is 5.38. The summed E-state index contributed by atoms with van der Waals surface area (Å²) >= 11 is 5.23. The third kappa shape index (κ3) is 2.74. The normalized spacial score (nSPS) is 13.1. The number of hydrogen-bond donors (Lipinski definition) is 1. The Morgan fingerprint density at radius 1 is 1.59 bits per heavy atom. The lowest BCUT2D eigenvalue weighted by Gasteiger charge is -2.12. The molecule has 0 aliphatic heterocycles. The van der Waals surface area contributed by atoms with Gasteiger partial charge in [0.05, 0.1) is 0 Å². The molecule has 6 heteroatoms. The van der Waals surface area contributed by atoms with Crippen molar-refractivity contribution in [1.82, 2.24) is 14.5 Å². The molecule has 2 heterocycles. The minimum absolute atomic E-state index is 0.540. The first kappa shape index (κ1) is 12.7. The maximum atomic E-state index is 5.94. The van der Waals surface area contributed by atoms with Crippen molar-refractivity contribution < 1.29 is 0 Å². The number of anilines is 1. The van der Waals surface area contributed by atoms with Crippen molar-refractivity contribution in [3.8, 4) is 0 Å². The van der Waals surface area contributed by atoms with E-state index in [9.17, 15) is 0 Å². The van der Waals surface area contributed by atoms with Gasteiger partial charge in [0.15, 0.2) is 5.65 Å². The van der Waals surface area contributed by atoms with Gasteiger partial charge in [0.25, 0.3) is 0 Å². The first-order chi connectivity index (χ1) is 8.11. The van der Waals surface area contributed by atoms with Gasteiger partial charge in [-0.25, -0.2) is 9.97 Å². The van der Waals surface area contributed by atoms with E-state index in [-0.39, 0.29) is 0 Å². The molecular weight excluding hydrogens is 300 g/mol. The number of nitrogens with zero attached hydrogens (tertiary/aromatic N) is 3. The lowest BCUT2D eigenvalue weighted by atomic mass is 10.2. The second-order valence-corrected chi connectivity index (χ2v) is 5.96. The molecule has 0 saturated carbocycles. The van der Waals surface area contributed by atoms with Gasteiger partial charge in [-0.05, 0) is 39.9 Å². The Morgan fingerprint density at radius 3 is 3.06 bits per heavy atom. The molecule has 0 aliphatic rings. The Bertz CT molecular complexity index is 525. The van der Waals surface area contributed by atoms with Crippen LogP contribution in [0, 0.1) is 5.92 Å². The van der Waals surface area contributed by atoms with Gasteiger partial charge in [0.1, 0.15) is 5.52 Å². The number of imidazole rings is 1.